The van der Waals surface area contributed by atoms with Gasteiger partial charge in [-0.3, -0.25) is 0 Å². The number of benzene rings is 1. The van der Waals surface area contributed by atoms with Crippen LogP contribution in [0.4, 0.5) is 0 Å². The van der Waals surface area contributed by atoms with Crippen LogP contribution in [0.5, 0.6) is 11.5 Å². The number of ether oxygens (including phenoxy) is 2. The molecule has 0 aliphatic carbocycles. The van der Waals surface area contributed by atoms with E-state index in [2.05, 4.69) is 0 Å². The molecule has 1 N–H and O–H groups in total. The Morgan fingerprint density at radius 2 is 2.10 bits per heavy atom. The number of carbonyl (C=O) groups is 1. The molecule has 5 nitrogen and oxygen atoms in total. The first-order valence-electron chi connectivity index (χ1n) is 6.32. The molecule has 0 atom stereocenters. The predicted octanol–water partition coefficient (Wildman–Crippen LogP) is 2.57. The Morgan fingerprint density at radius 3 is 2.71 bits per heavy atom. The van der Waals surface area contributed by atoms with Crippen LogP contribution in [0, 0.1) is 11.3 Å². The first kappa shape index (κ1) is 14.7. The van der Waals surface area contributed by atoms with Crippen molar-refractivity contribution in [2.75, 3.05) is 7.11 Å². The molecule has 0 spiro atoms. The van der Waals surface area contributed by atoms with E-state index in [4.69, 9.17) is 14.7 Å². The summed E-state index contributed by atoms with van der Waals surface area (Å²) < 4.78 is 10.2. The summed E-state index contributed by atoms with van der Waals surface area (Å²) in [6, 6.07) is 6.75. The summed E-state index contributed by atoms with van der Waals surface area (Å²) in [6.45, 7) is 3.46. The van der Waals surface area contributed by atoms with Gasteiger partial charge in [-0.2, -0.15) is 5.26 Å². The van der Waals surface area contributed by atoms with Crippen LogP contribution in [0.15, 0.2) is 35.4 Å². The molecule has 108 valence electrons. The Morgan fingerprint density at radius 1 is 1.38 bits per heavy atom. The monoisotopic (exact) mass is 285 g/mol. The minimum atomic E-state index is -0.834. The van der Waals surface area contributed by atoms with Gasteiger partial charge in [-0.25, -0.2) is 4.79 Å². The molecule has 0 saturated heterocycles. The van der Waals surface area contributed by atoms with Crippen molar-refractivity contribution in [1.29, 1.82) is 5.26 Å². The molecule has 1 aromatic carbocycles. The maximum Gasteiger partial charge on any atom is 0.350 e. The number of cyclic esters (lactones) is 1. The third kappa shape index (κ3) is 2.75. The van der Waals surface area contributed by atoms with Gasteiger partial charge in [-0.05, 0) is 31.5 Å². The average Bonchev–Trinajstić information content (AvgIpc) is 2.66. The number of hydrogen-bond donors (Lipinski definition) is 1. The van der Waals surface area contributed by atoms with E-state index in [1.165, 1.54) is 13.2 Å². The van der Waals surface area contributed by atoms with Crippen molar-refractivity contribution in [2.45, 2.75) is 19.4 Å². The Kier molecular flexibility index (Phi) is 3.72. The highest BCUT2D eigenvalue weighted by Gasteiger charge is 2.39. The predicted molar refractivity (Wildman–Crippen MR) is 76.5 cm³/mol. The zero-order valence-corrected chi connectivity index (χ0v) is 12.0. The molecular formula is C16H15NO4. The molecule has 0 fully saturated rings. The number of phenols is 1. The highest BCUT2D eigenvalue weighted by molar-refractivity contribution is 5.98. The Balaban J connectivity index is 2.39. The van der Waals surface area contributed by atoms with Gasteiger partial charge in [-0.15, -0.1) is 0 Å². The zero-order chi connectivity index (χ0) is 15.6. The second kappa shape index (κ2) is 5.33. The number of phenolic OH excluding ortho intramolecular Hbond substituents is 1. The molecule has 1 aliphatic rings. The number of nitrogens with zero attached hydrogens (tertiary/aromatic N) is 1. The van der Waals surface area contributed by atoms with Gasteiger partial charge in [0, 0.05) is 5.57 Å². The molecule has 21 heavy (non-hydrogen) atoms. The molecule has 0 aromatic heterocycles. The highest BCUT2D eigenvalue weighted by Crippen LogP contribution is 2.34. The third-order valence-electron chi connectivity index (χ3n) is 3.23. The molecule has 5 heteroatoms. The number of methoxy groups -OCH3 is 1. The zero-order valence-electron chi connectivity index (χ0n) is 12.0. The van der Waals surface area contributed by atoms with E-state index in [1.807, 2.05) is 6.07 Å². The summed E-state index contributed by atoms with van der Waals surface area (Å²) in [5.74, 6) is -0.207. The summed E-state index contributed by atoms with van der Waals surface area (Å²) in [5, 5.41) is 18.6. The van der Waals surface area contributed by atoms with Crippen LogP contribution in [0.1, 0.15) is 19.4 Å². The lowest BCUT2D eigenvalue weighted by Crippen LogP contribution is -2.22. The summed E-state index contributed by atoms with van der Waals surface area (Å²) in [7, 11) is 1.46. The van der Waals surface area contributed by atoms with E-state index < -0.39 is 11.6 Å². The van der Waals surface area contributed by atoms with Gasteiger partial charge in [0.05, 0.1) is 7.11 Å². The summed E-state index contributed by atoms with van der Waals surface area (Å²) >= 11 is 0. The lowest BCUT2D eigenvalue weighted by molar-refractivity contribution is -0.144. The largest absolute Gasteiger partial charge is 0.504 e. The fourth-order valence-corrected chi connectivity index (χ4v) is 2.12. The topological polar surface area (TPSA) is 79.5 Å². The first-order valence-corrected chi connectivity index (χ1v) is 6.32. The quantitative estimate of drug-likeness (QED) is 0.863. The Labute approximate surface area is 122 Å². The molecule has 0 unspecified atom stereocenters. The molecule has 0 bridgehead atoms. The molecule has 1 heterocycles. The third-order valence-corrected chi connectivity index (χ3v) is 3.23. The summed E-state index contributed by atoms with van der Waals surface area (Å²) in [5.41, 5.74) is 0.480. The number of hydrogen-bond acceptors (Lipinski definition) is 5. The second-order valence-corrected chi connectivity index (χ2v) is 5.06. The van der Waals surface area contributed by atoms with Crippen LogP contribution in [-0.2, 0) is 9.53 Å². The van der Waals surface area contributed by atoms with Crippen LogP contribution < -0.4 is 4.74 Å². The summed E-state index contributed by atoms with van der Waals surface area (Å²) in [6.07, 6.45) is 3.41. The fraction of sp³-hybridized carbons (Fsp3) is 0.250. The standard InChI is InChI=1S/C16H15NO4/c1-16(2)12(11(9-17)15(19)21-16)6-4-10-5-7-13(18)14(8-10)20-3/h4-8,18H,1-3H3. The molecule has 0 saturated carbocycles. The van der Waals surface area contributed by atoms with E-state index in [-0.39, 0.29) is 11.3 Å². The van der Waals surface area contributed by atoms with E-state index in [0.717, 1.165) is 5.56 Å². The minimum Gasteiger partial charge on any atom is -0.504 e. The maximum absolute atomic E-state index is 11.6. The van der Waals surface area contributed by atoms with E-state index >= 15 is 0 Å². The smallest absolute Gasteiger partial charge is 0.350 e. The Bertz CT molecular complexity index is 693. The van der Waals surface area contributed by atoms with Crippen LogP contribution in [-0.4, -0.2) is 23.8 Å². The van der Waals surface area contributed by atoms with Crippen LogP contribution in [0.2, 0.25) is 0 Å². The SMILES string of the molecule is COc1cc(C=CC2=C(C#N)C(=O)OC2(C)C)ccc1O. The Hall–Kier alpha value is -2.74. The lowest BCUT2D eigenvalue weighted by Gasteiger charge is -2.18. The van der Waals surface area contributed by atoms with Gasteiger partial charge in [0.15, 0.2) is 11.5 Å². The van der Waals surface area contributed by atoms with Gasteiger partial charge in [0.25, 0.3) is 0 Å². The van der Waals surface area contributed by atoms with E-state index in [9.17, 15) is 9.90 Å². The minimum absolute atomic E-state index is 0.0157. The number of nitriles is 1. The molecule has 0 amide bonds. The van der Waals surface area contributed by atoms with Crippen molar-refractivity contribution < 1.29 is 19.4 Å². The van der Waals surface area contributed by atoms with Gasteiger partial charge in [0.1, 0.15) is 17.2 Å². The molecular weight excluding hydrogens is 270 g/mol. The van der Waals surface area contributed by atoms with Crippen molar-refractivity contribution in [3.8, 4) is 17.6 Å². The van der Waals surface area contributed by atoms with Gasteiger partial charge >= 0.3 is 5.97 Å². The van der Waals surface area contributed by atoms with Crippen molar-refractivity contribution in [1.82, 2.24) is 0 Å². The van der Waals surface area contributed by atoms with Crippen LogP contribution in [0.3, 0.4) is 0 Å². The molecule has 1 aromatic rings. The number of esters is 1. The fourth-order valence-electron chi connectivity index (χ4n) is 2.12. The van der Waals surface area contributed by atoms with E-state index in [1.54, 1.807) is 38.1 Å². The maximum atomic E-state index is 11.6. The van der Waals surface area contributed by atoms with Gasteiger partial charge in [-0.1, -0.05) is 18.2 Å². The van der Waals surface area contributed by atoms with Crippen molar-refractivity contribution in [2.24, 2.45) is 0 Å². The van der Waals surface area contributed by atoms with Gasteiger partial charge in [0.2, 0.25) is 0 Å². The van der Waals surface area contributed by atoms with Crippen molar-refractivity contribution in [3.63, 3.8) is 0 Å². The van der Waals surface area contributed by atoms with Crippen molar-refractivity contribution >= 4 is 12.0 Å². The molecule has 1 aliphatic heterocycles. The number of carbonyl (C=O) groups excluding carboxylic acids is 1. The van der Waals surface area contributed by atoms with Gasteiger partial charge < -0.3 is 14.6 Å². The highest BCUT2D eigenvalue weighted by atomic mass is 16.6. The average molecular weight is 285 g/mol. The van der Waals surface area contributed by atoms with Crippen LogP contribution >= 0.6 is 0 Å². The second-order valence-electron chi connectivity index (χ2n) is 5.06. The first-order chi connectivity index (χ1) is 9.89. The molecule has 2 rings (SSSR count). The van der Waals surface area contributed by atoms with Crippen LogP contribution in [0.25, 0.3) is 6.08 Å². The summed E-state index contributed by atoms with van der Waals surface area (Å²) in [4.78, 5) is 11.6. The van der Waals surface area contributed by atoms with Crippen molar-refractivity contribution in [3.05, 3.63) is 41.0 Å². The normalized spacial score (nSPS) is 17.0. The van der Waals surface area contributed by atoms with E-state index in [0.29, 0.717) is 11.3 Å². The molecule has 0 radical (unpaired) electrons. The number of rotatable bonds is 3. The lowest BCUT2D eigenvalue weighted by atomic mass is 9.95. The number of aromatic hydroxyl groups is 1.